The van der Waals surface area contributed by atoms with Crippen LogP contribution in [0.25, 0.3) is 0 Å². The zero-order valence-electron chi connectivity index (χ0n) is 16.6. The number of rotatable bonds is 11. The highest BCUT2D eigenvalue weighted by molar-refractivity contribution is 5.67. The Morgan fingerprint density at radius 2 is 1.81 bits per heavy atom. The van der Waals surface area contributed by atoms with Crippen LogP contribution in [0.5, 0.6) is 0 Å². The van der Waals surface area contributed by atoms with Gasteiger partial charge in [-0.1, -0.05) is 57.0 Å². The predicted octanol–water partition coefficient (Wildman–Crippen LogP) is 3.98. The summed E-state index contributed by atoms with van der Waals surface area (Å²) >= 11 is 0. The maximum absolute atomic E-state index is 12.4. The van der Waals surface area contributed by atoms with E-state index in [4.69, 9.17) is 18.9 Å². The van der Waals surface area contributed by atoms with Gasteiger partial charge in [0.05, 0.1) is 13.2 Å². The zero-order valence-corrected chi connectivity index (χ0v) is 16.6. The summed E-state index contributed by atoms with van der Waals surface area (Å²) in [7, 11) is 0. The lowest BCUT2D eigenvalue weighted by Gasteiger charge is -2.36. The third kappa shape index (κ3) is 7.87. The fourth-order valence-corrected chi connectivity index (χ4v) is 2.77. The van der Waals surface area contributed by atoms with E-state index in [1.807, 2.05) is 30.3 Å². The first-order valence-corrected chi connectivity index (χ1v) is 10.0. The summed E-state index contributed by atoms with van der Waals surface area (Å²) in [6.07, 6.45) is 3.00. The van der Waals surface area contributed by atoms with E-state index in [9.17, 15) is 4.79 Å². The Balaban J connectivity index is 1.85. The number of morpholine rings is 1. The van der Waals surface area contributed by atoms with Crippen LogP contribution >= 0.6 is 0 Å². The van der Waals surface area contributed by atoms with Gasteiger partial charge in [0.25, 0.3) is 0 Å². The van der Waals surface area contributed by atoms with E-state index >= 15 is 0 Å². The monoisotopic (exact) mass is 379 g/mol. The molecule has 0 N–H and O–H groups in total. The van der Waals surface area contributed by atoms with Crippen molar-refractivity contribution in [3.63, 3.8) is 0 Å². The maximum Gasteiger partial charge on any atom is 0.410 e. The second-order valence-electron chi connectivity index (χ2n) is 6.71. The molecule has 1 fully saturated rings. The Kier molecular flexibility index (Phi) is 10.2. The molecule has 152 valence electrons. The molecule has 0 radical (unpaired) electrons. The van der Waals surface area contributed by atoms with Crippen LogP contribution < -0.4 is 0 Å². The number of unbranched alkanes of at least 4 members (excludes halogenated alkanes) is 2. The summed E-state index contributed by atoms with van der Waals surface area (Å²) in [4.78, 5) is 14.1. The quantitative estimate of drug-likeness (QED) is 0.430. The highest BCUT2D eigenvalue weighted by Crippen LogP contribution is 2.16. The van der Waals surface area contributed by atoms with E-state index in [0.29, 0.717) is 32.9 Å². The van der Waals surface area contributed by atoms with Crippen LogP contribution in [0.2, 0.25) is 0 Å². The van der Waals surface area contributed by atoms with E-state index in [0.717, 1.165) is 31.2 Å². The molecule has 1 saturated heterocycles. The molecule has 1 aromatic rings. The van der Waals surface area contributed by atoms with Crippen LogP contribution in [-0.2, 0) is 25.6 Å². The molecule has 0 aliphatic carbocycles. The number of amides is 1. The Hall–Kier alpha value is -1.63. The van der Waals surface area contributed by atoms with Gasteiger partial charge in [-0.15, -0.1) is 0 Å². The van der Waals surface area contributed by atoms with Crippen molar-refractivity contribution in [3.05, 3.63) is 35.9 Å². The lowest BCUT2D eigenvalue weighted by molar-refractivity contribution is -0.220. The van der Waals surface area contributed by atoms with Crippen LogP contribution in [0.1, 0.15) is 45.1 Å². The molecule has 1 aliphatic rings. The Morgan fingerprint density at radius 3 is 2.44 bits per heavy atom. The molecular formula is C21H33NO5. The van der Waals surface area contributed by atoms with E-state index in [2.05, 4.69) is 13.8 Å². The molecule has 1 heterocycles. The summed E-state index contributed by atoms with van der Waals surface area (Å²) in [6.45, 7) is 7.16. The average molecular weight is 379 g/mol. The van der Waals surface area contributed by atoms with Gasteiger partial charge in [0.15, 0.2) is 6.29 Å². The number of hydrogen-bond acceptors (Lipinski definition) is 5. The molecule has 1 aromatic carbocycles. The highest BCUT2D eigenvalue weighted by atomic mass is 16.7. The third-order valence-corrected chi connectivity index (χ3v) is 4.42. The van der Waals surface area contributed by atoms with E-state index < -0.39 is 6.29 Å². The molecule has 0 spiro atoms. The second-order valence-corrected chi connectivity index (χ2v) is 6.71. The fourth-order valence-electron chi connectivity index (χ4n) is 2.77. The summed E-state index contributed by atoms with van der Waals surface area (Å²) in [5.74, 6) is 0. The van der Waals surface area contributed by atoms with Crippen LogP contribution in [0, 0.1) is 0 Å². The van der Waals surface area contributed by atoms with Crippen molar-refractivity contribution in [3.8, 4) is 0 Å². The van der Waals surface area contributed by atoms with Crippen molar-refractivity contribution >= 4 is 6.09 Å². The van der Waals surface area contributed by atoms with Gasteiger partial charge in [-0.2, -0.15) is 0 Å². The van der Waals surface area contributed by atoms with Crippen LogP contribution in [0.4, 0.5) is 4.79 Å². The number of hydrogen-bond donors (Lipinski definition) is 0. The molecule has 0 bridgehead atoms. The van der Waals surface area contributed by atoms with E-state index in [1.54, 1.807) is 4.90 Å². The Labute approximate surface area is 162 Å². The van der Waals surface area contributed by atoms with Crippen molar-refractivity contribution in [1.29, 1.82) is 0 Å². The number of carbonyl (C=O) groups is 1. The molecule has 6 heteroatoms. The van der Waals surface area contributed by atoms with Gasteiger partial charge < -0.3 is 23.8 Å². The van der Waals surface area contributed by atoms with Gasteiger partial charge in [-0.3, -0.25) is 0 Å². The first-order chi connectivity index (χ1) is 13.2. The molecule has 0 unspecified atom stereocenters. The summed E-state index contributed by atoms with van der Waals surface area (Å²) in [6, 6.07) is 9.68. The second kappa shape index (κ2) is 12.7. The fraction of sp³-hybridized carbons (Fsp3) is 0.667. The van der Waals surface area contributed by atoms with Crippen molar-refractivity contribution in [1.82, 2.24) is 4.90 Å². The van der Waals surface area contributed by atoms with Gasteiger partial charge in [0, 0.05) is 19.8 Å². The largest absolute Gasteiger partial charge is 0.445 e. The van der Waals surface area contributed by atoms with Crippen molar-refractivity contribution in [2.24, 2.45) is 0 Å². The number of ether oxygens (including phenoxy) is 4. The first kappa shape index (κ1) is 21.7. The van der Waals surface area contributed by atoms with Crippen LogP contribution in [-0.4, -0.2) is 56.3 Å². The minimum Gasteiger partial charge on any atom is -0.445 e. The number of nitrogens with zero attached hydrogens (tertiary/aromatic N) is 1. The van der Waals surface area contributed by atoms with Crippen LogP contribution in [0.15, 0.2) is 30.3 Å². The van der Waals surface area contributed by atoms with Crippen molar-refractivity contribution < 1.29 is 23.7 Å². The molecule has 1 atom stereocenters. The van der Waals surface area contributed by atoms with Crippen molar-refractivity contribution in [2.75, 3.05) is 32.9 Å². The molecular weight excluding hydrogens is 346 g/mol. The number of benzene rings is 1. The Bertz CT molecular complexity index is 515. The molecule has 1 aliphatic heterocycles. The highest BCUT2D eigenvalue weighted by Gasteiger charge is 2.32. The molecule has 27 heavy (non-hydrogen) atoms. The van der Waals surface area contributed by atoms with Gasteiger partial charge >= 0.3 is 6.09 Å². The molecule has 1 amide bonds. The van der Waals surface area contributed by atoms with Gasteiger partial charge in [-0.25, -0.2) is 4.79 Å². The topological polar surface area (TPSA) is 57.2 Å². The standard InChI is InChI=1S/C21H33NO5/c1-3-5-13-25-20(26-14-6-4-2)19-16-22(12-15-24-19)21(23)27-17-18-10-8-7-9-11-18/h7-11,19-20H,3-6,12-17H2,1-2H3/t19-/m0/s1. The smallest absolute Gasteiger partial charge is 0.410 e. The predicted molar refractivity (Wildman–Crippen MR) is 103 cm³/mol. The minimum absolute atomic E-state index is 0.269. The SMILES string of the molecule is CCCCOC(OCCCC)[C@@H]1CN(C(=O)OCc2ccccc2)CCO1. The van der Waals surface area contributed by atoms with Crippen LogP contribution in [0.3, 0.4) is 0 Å². The minimum atomic E-state index is -0.451. The maximum atomic E-state index is 12.4. The molecule has 0 saturated carbocycles. The Morgan fingerprint density at radius 1 is 1.15 bits per heavy atom. The van der Waals surface area contributed by atoms with E-state index in [1.165, 1.54) is 0 Å². The summed E-state index contributed by atoms with van der Waals surface area (Å²) < 4.78 is 23.1. The zero-order chi connectivity index (χ0) is 19.3. The lowest BCUT2D eigenvalue weighted by Crippen LogP contribution is -2.51. The molecule has 2 rings (SSSR count). The van der Waals surface area contributed by atoms with E-state index in [-0.39, 0.29) is 18.8 Å². The summed E-state index contributed by atoms with van der Waals surface area (Å²) in [5.41, 5.74) is 0.972. The number of carbonyl (C=O) groups excluding carboxylic acids is 1. The van der Waals surface area contributed by atoms with Gasteiger partial charge in [0.1, 0.15) is 12.7 Å². The molecule has 6 nitrogen and oxygen atoms in total. The van der Waals surface area contributed by atoms with Gasteiger partial charge in [-0.05, 0) is 18.4 Å². The normalized spacial score (nSPS) is 17.3. The summed E-state index contributed by atoms with van der Waals surface area (Å²) in [5, 5.41) is 0. The van der Waals surface area contributed by atoms with Crippen molar-refractivity contribution in [2.45, 2.75) is 58.5 Å². The lowest BCUT2D eigenvalue weighted by atomic mass is 10.2. The average Bonchev–Trinajstić information content (AvgIpc) is 2.72. The third-order valence-electron chi connectivity index (χ3n) is 4.42. The molecule has 0 aromatic heterocycles. The van der Waals surface area contributed by atoms with Gasteiger partial charge in [0.2, 0.25) is 0 Å². The first-order valence-electron chi connectivity index (χ1n) is 10.0.